The van der Waals surface area contributed by atoms with E-state index in [-0.39, 0.29) is 5.91 Å². The normalized spacial score (nSPS) is 10.3. The van der Waals surface area contributed by atoms with Crippen molar-refractivity contribution in [2.24, 2.45) is 0 Å². The van der Waals surface area contributed by atoms with Crippen LogP contribution in [0.15, 0.2) is 24.3 Å². The predicted octanol–water partition coefficient (Wildman–Crippen LogP) is 4.62. The maximum absolute atomic E-state index is 12.0. The molecule has 0 aliphatic carbocycles. The van der Waals surface area contributed by atoms with E-state index in [0.717, 1.165) is 5.56 Å². The lowest BCUT2D eigenvalue weighted by molar-refractivity contribution is 0.103. The zero-order valence-corrected chi connectivity index (χ0v) is 12.6. The van der Waals surface area contributed by atoms with Crippen molar-refractivity contribution in [1.29, 1.82) is 0 Å². The molecule has 0 bridgehead atoms. The lowest BCUT2D eigenvalue weighted by atomic mass is 10.2. The van der Waals surface area contributed by atoms with Gasteiger partial charge < -0.3 is 10.1 Å². The second kappa shape index (κ2) is 5.82. The molecule has 1 amide bonds. The predicted molar refractivity (Wildman–Crippen MR) is 80.0 cm³/mol. The summed E-state index contributed by atoms with van der Waals surface area (Å²) in [6, 6.07) is 6.81. The number of ether oxygens (including phenoxy) is 1. The summed E-state index contributed by atoms with van der Waals surface area (Å²) >= 11 is 13.0. The molecule has 100 valence electrons. The molecule has 2 aromatic rings. The van der Waals surface area contributed by atoms with Crippen LogP contribution in [-0.4, -0.2) is 13.0 Å². The molecular formula is C13H11Cl2NO2S. The van der Waals surface area contributed by atoms with E-state index in [0.29, 0.717) is 25.7 Å². The molecule has 2 rings (SSSR count). The number of carbonyl (C=O) groups excluding carboxylic acids is 1. The number of nitrogens with one attached hydrogen (secondary N) is 1. The summed E-state index contributed by atoms with van der Waals surface area (Å²) in [6.07, 6.45) is 0. The van der Waals surface area contributed by atoms with E-state index in [1.807, 2.05) is 6.92 Å². The maximum atomic E-state index is 12.0. The van der Waals surface area contributed by atoms with Crippen molar-refractivity contribution in [2.45, 2.75) is 6.92 Å². The largest absolute Gasteiger partial charge is 0.495 e. The van der Waals surface area contributed by atoms with Crippen LogP contribution in [0.25, 0.3) is 0 Å². The van der Waals surface area contributed by atoms with Gasteiger partial charge in [0.1, 0.15) is 5.75 Å². The smallest absolute Gasteiger partial charge is 0.265 e. The van der Waals surface area contributed by atoms with Crippen LogP contribution in [0.3, 0.4) is 0 Å². The van der Waals surface area contributed by atoms with Crippen molar-refractivity contribution < 1.29 is 9.53 Å². The number of methoxy groups -OCH3 is 1. The van der Waals surface area contributed by atoms with Crippen molar-refractivity contribution in [3.05, 3.63) is 44.1 Å². The molecule has 0 aliphatic heterocycles. The third kappa shape index (κ3) is 3.21. The van der Waals surface area contributed by atoms with Crippen LogP contribution in [0.1, 0.15) is 15.2 Å². The summed E-state index contributed by atoms with van der Waals surface area (Å²) in [5.41, 5.74) is 1.45. The second-order valence-electron chi connectivity index (χ2n) is 3.86. The standard InChI is InChI=1S/C13H11Cl2NO2S/c1-7-5-9(10(18-2)6-8(7)14)16-13(17)11-3-4-12(15)19-11/h3-6H,1-2H3,(H,16,17). The molecule has 1 heterocycles. The summed E-state index contributed by atoms with van der Waals surface area (Å²) in [4.78, 5) is 12.6. The summed E-state index contributed by atoms with van der Waals surface area (Å²) in [5.74, 6) is 0.295. The number of hydrogen-bond donors (Lipinski definition) is 1. The van der Waals surface area contributed by atoms with Crippen LogP contribution in [0.5, 0.6) is 5.75 Å². The zero-order valence-electron chi connectivity index (χ0n) is 10.3. The van der Waals surface area contributed by atoms with E-state index in [9.17, 15) is 4.79 Å². The van der Waals surface area contributed by atoms with E-state index >= 15 is 0 Å². The Kier molecular flexibility index (Phi) is 4.34. The number of carbonyl (C=O) groups is 1. The van der Waals surface area contributed by atoms with Gasteiger partial charge in [-0.1, -0.05) is 23.2 Å². The first kappa shape index (κ1) is 14.2. The number of amides is 1. The minimum absolute atomic E-state index is 0.225. The van der Waals surface area contributed by atoms with Gasteiger partial charge >= 0.3 is 0 Å². The fourth-order valence-electron chi connectivity index (χ4n) is 1.55. The van der Waals surface area contributed by atoms with Crippen LogP contribution < -0.4 is 10.1 Å². The zero-order chi connectivity index (χ0) is 14.0. The van der Waals surface area contributed by atoms with Crippen LogP contribution in [0.2, 0.25) is 9.36 Å². The summed E-state index contributed by atoms with van der Waals surface area (Å²) < 4.78 is 5.77. The molecule has 6 heteroatoms. The Bertz CT molecular complexity index is 625. The molecule has 0 saturated heterocycles. The minimum atomic E-state index is -0.225. The molecule has 1 aromatic carbocycles. The first-order chi connectivity index (χ1) is 9.01. The Hall–Kier alpha value is -1.23. The van der Waals surface area contributed by atoms with Gasteiger partial charge in [-0.2, -0.15) is 0 Å². The first-order valence-electron chi connectivity index (χ1n) is 5.42. The highest BCUT2D eigenvalue weighted by atomic mass is 35.5. The molecule has 1 aromatic heterocycles. The molecule has 0 saturated carbocycles. The minimum Gasteiger partial charge on any atom is -0.495 e. The van der Waals surface area contributed by atoms with Crippen LogP contribution in [-0.2, 0) is 0 Å². The van der Waals surface area contributed by atoms with Gasteiger partial charge in [0.15, 0.2) is 0 Å². The molecule has 0 fully saturated rings. The number of aryl methyl sites for hydroxylation is 1. The molecule has 19 heavy (non-hydrogen) atoms. The quantitative estimate of drug-likeness (QED) is 0.897. The number of benzene rings is 1. The van der Waals surface area contributed by atoms with Crippen LogP contribution >= 0.6 is 34.5 Å². The fraction of sp³-hybridized carbons (Fsp3) is 0.154. The van der Waals surface area contributed by atoms with Crippen molar-refractivity contribution in [3.8, 4) is 5.75 Å². The molecule has 0 aliphatic rings. The van der Waals surface area contributed by atoms with Gasteiger partial charge in [-0.3, -0.25) is 4.79 Å². The highest BCUT2D eigenvalue weighted by Gasteiger charge is 2.13. The highest BCUT2D eigenvalue weighted by molar-refractivity contribution is 7.18. The van der Waals surface area contributed by atoms with E-state index < -0.39 is 0 Å². The molecule has 0 spiro atoms. The van der Waals surface area contributed by atoms with Gasteiger partial charge in [0, 0.05) is 11.1 Å². The summed E-state index contributed by atoms with van der Waals surface area (Å²) in [6.45, 7) is 1.86. The van der Waals surface area contributed by atoms with Gasteiger partial charge in [-0.25, -0.2) is 0 Å². The van der Waals surface area contributed by atoms with Gasteiger partial charge in [0.25, 0.3) is 5.91 Å². The molecular weight excluding hydrogens is 305 g/mol. The van der Waals surface area contributed by atoms with Crippen LogP contribution in [0, 0.1) is 6.92 Å². The number of rotatable bonds is 3. The number of anilines is 1. The van der Waals surface area contributed by atoms with Crippen molar-refractivity contribution >= 4 is 46.1 Å². The lowest BCUT2D eigenvalue weighted by Crippen LogP contribution is -2.11. The first-order valence-corrected chi connectivity index (χ1v) is 6.99. The Labute approximate surface area is 125 Å². The van der Waals surface area contributed by atoms with E-state index in [1.165, 1.54) is 18.4 Å². The third-order valence-electron chi connectivity index (χ3n) is 2.53. The molecule has 0 atom stereocenters. The Morgan fingerprint density at radius 2 is 2.05 bits per heavy atom. The molecule has 3 nitrogen and oxygen atoms in total. The fourth-order valence-corrected chi connectivity index (χ4v) is 2.64. The maximum Gasteiger partial charge on any atom is 0.265 e. The van der Waals surface area contributed by atoms with E-state index in [1.54, 1.807) is 24.3 Å². The second-order valence-corrected chi connectivity index (χ2v) is 5.98. The van der Waals surface area contributed by atoms with E-state index in [4.69, 9.17) is 27.9 Å². The number of halogens is 2. The topological polar surface area (TPSA) is 38.3 Å². The van der Waals surface area contributed by atoms with Crippen molar-refractivity contribution in [1.82, 2.24) is 0 Å². The van der Waals surface area contributed by atoms with Gasteiger partial charge in [-0.15, -0.1) is 11.3 Å². The molecule has 1 N–H and O–H groups in total. The van der Waals surface area contributed by atoms with Gasteiger partial charge in [-0.05, 0) is 30.7 Å². The van der Waals surface area contributed by atoms with Crippen molar-refractivity contribution in [2.75, 3.05) is 12.4 Å². The number of thiophene rings is 1. The van der Waals surface area contributed by atoms with Gasteiger partial charge in [0.05, 0.1) is 22.0 Å². The average Bonchev–Trinajstić information content (AvgIpc) is 2.80. The Balaban J connectivity index is 2.28. The highest BCUT2D eigenvalue weighted by Crippen LogP contribution is 2.32. The lowest BCUT2D eigenvalue weighted by Gasteiger charge is -2.11. The molecule has 0 unspecified atom stereocenters. The average molecular weight is 316 g/mol. The third-order valence-corrected chi connectivity index (χ3v) is 4.16. The Morgan fingerprint density at radius 3 is 2.63 bits per heavy atom. The SMILES string of the molecule is COc1cc(Cl)c(C)cc1NC(=O)c1ccc(Cl)s1. The monoisotopic (exact) mass is 315 g/mol. The van der Waals surface area contributed by atoms with E-state index in [2.05, 4.69) is 5.32 Å². The Morgan fingerprint density at radius 1 is 1.32 bits per heavy atom. The molecule has 0 radical (unpaired) electrons. The summed E-state index contributed by atoms with van der Waals surface area (Å²) in [5, 5.41) is 3.38. The van der Waals surface area contributed by atoms with Crippen LogP contribution in [0.4, 0.5) is 5.69 Å². The number of hydrogen-bond acceptors (Lipinski definition) is 3. The summed E-state index contributed by atoms with van der Waals surface area (Å²) in [7, 11) is 1.53. The van der Waals surface area contributed by atoms with Crippen molar-refractivity contribution in [3.63, 3.8) is 0 Å². The van der Waals surface area contributed by atoms with Gasteiger partial charge in [0.2, 0.25) is 0 Å².